The van der Waals surface area contributed by atoms with Gasteiger partial charge in [-0.1, -0.05) is 28.1 Å². The summed E-state index contributed by atoms with van der Waals surface area (Å²) in [5.74, 6) is -3.95. The number of halogens is 5. The van der Waals surface area contributed by atoms with Crippen molar-refractivity contribution >= 4 is 26.8 Å². The maximum atomic E-state index is 13.6. The molecule has 1 heterocycles. The van der Waals surface area contributed by atoms with Crippen LogP contribution in [-0.2, 0) is 13.1 Å². The summed E-state index contributed by atoms with van der Waals surface area (Å²) >= 11 is 3.33. The Bertz CT molecular complexity index is 1300. The smallest absolute Gasteiger partial charge is 0.274 e. The van der Waals surface area contributed by atoms with E-state index >= 15 is 0 Å². The molecule has 0 radical (unpaired) electrons. The number of benzene rings is 3. The van der Waals surface area contributed by atoms with Crippen LogP contribution < -0.4 is 5.56 Å². The lowest BCUT2D eigenvalue weighted by atomic mass is 10.2. The third-order valence-corrected chi connectivity index (χ3v) is 5.12. The van der Waals surface area contributed by atoms with Gasteiger partial charge in [0.25, 0.3) is 5.56 Å². The van der Waals surface area contributed by atoms with E-state index in [0.29, 0.717) is 26.5 Å². The summed E-state index contributed by atoms with van der Waals surface area (Å²) in [6, 6.07) is 12.0. The fraction of sp³-hybridized carbons (Fsp3) is 0.0952. The van der Waals surface area contributed by atoms with Crippen LogP contribution in [-0.4, -0.2) is 9.36 Å². The van der Waals surface area contributed by atoms with Crippen molar-refractivity contribution in [1.82, 2.24) is 9.36 Å². The molecule has 4 aromatic rings. The number of hydrogen-bond acceptors (Lipinski definition) is 1. The molecular formula is C21H13BrF4N2O. The molecule has 4 rings (SSSR count). The van der Waals surface area contributed by atoms with Crippen molar-refractivity contribution in [3.8, 4) is 0 Å². The predicted octanol–water partition coefficient (Wildman–Crippen LogP) is 5.22. The Morgan fingerprint density at radius 1 is 0.690 bits per heavy atom. The van der Waals surface area contributed by atoms with E-state index in [1.165, 1.54) is 16.8 Å². The molecule has 29 heavy (non-hydrogen) atoms. The Hall–Kier alpha value is -2.87. The summed E-state index contributed by atoms with van der Waals surface area (Å²) in [4.78, 5) is 13.0. The molecule has 0 saturated carbocycles. The van der Waals surface area contributed by atoms with Gasteiger partial charge in [-0.15, -0.1) is 0 Å². The van der Waals surface area contributed by atoms with Gasteiger partial charge < -0.3 is 0 Å². The largest absolute Gasteiger partial charge is 0.277 e. The highest BCUT2D eigenvalue weighted by Gasteiger charge is 2.16. The summed E-state index contributed by atoms with van der Waals surface area (Å²) in [7, 11) is 0. The Kier molecular flexibility index (Phi) is 5.04. The number of hydrogen-bond donors (Lipinski definition) is 0. The van der Waals surface area contributed by atoms with E-state index in [1.54, 1.807) is 22.9 Å². The van der Waals surface area contributed by atoms with E-state index in [0.717, 1.165) is 24.3 Å². The van der Waals surface area contributed by atoms with Crippen LogP contribution >= 0.6 is 15.9 Å². The van der Waals surface area contributed by atoms with Crippen LogP contribution in [0.2, 0.25) is 0 Å². The fourth-order valence-electron chi connectivity index (χ4n) is 3.23. The van der Waals surface area contributed by atoms with Gasteiger partial charge in [0.2, 0.25) is 0 Å². The summed E-state index contributed by atoms with van der Waals surface area (Å²) in [6.07, 6.45) is 0. The van der Waals surface area contributed by atoms with Crippen LogP contribution in [0.1, 0.15) is 11.1 Å². The number of rotatable bonds is 4. The van der Waals surface area contributed by atoms with E-state index < -0.39 is 23.3 Å². The Morgan fingerprint density at radius 2 is 1.24 bits per heavy atom. The molecule has 0 amide bonds. The second-order valence-electron chi connectivity index (χ2n) is 6.58. The van der Waals surface area contributed by atoms with Crippen LogP contribution in [0.5, 0.6) is 0 Å². The maximum absolute atomic E-state index is 13.6. The Balaban J connectivity index is 1.86. The zero-order valence-corrected chi connectivity index (χ0v) is 16.4. The summed E-state index contributed by atoms with van der Waals surface area (Å²) < 4.78 is 57.5. The van der Waals surface area contributed by atoms with Crippen LogP contribution in [0.15, 0.2) is 63.9 Å². The monoisotopic (exact) mass is 464 g/mol. The third kappa shape index (κ3) is 3.72. The summed E-state index contributed by atoms with van der Waals surface area (Å²) in [6.45, 7) is 0.0628. The van der Waals surface area contributed by atoms with Crippen LogP contribution in [0, 0.1) is 23.3 Å². The van der Waals surface area contributed by atoms with Crippen LogP contribution in [0.4, 0.5) is 17.6 Å². The fourth-order valence-corrected chi connectivity index (χ4v) is 3.59. The molecule has 0 unspecified atom stereocenters. The standard InChI is InChI=1S/C21H13BrF4N2O/c22-14-3-6-20-15(9-14)21(29)28(11-13-2-5-17(24)19(26)8-13)27(20)10-12-1-4-16(23)18(25)7-12/h1-9H,10-11H2. The minimum absolute atomic E-state index is 0.0218. The highest BCUT2D eigenvalue weighted by Crippen LogP contribution is 2.21. The average Bonchev–Trinajstić information content (AvgIpc) is 2.93. The lowest BCUT2D eigenvalue weighted by molar-refractivity contribution is 0.490. The zero-order valence-electron chi connectivity index (χ0n) is 14.8. The van der Waals surface area contributed by atoms with Crippen LogP contribution in [0.3, 0.4) is 0 Å². The van der Waals surface area contributed by atoms with Crippen molar-refractivity contribution in [3.05, 3.63) is 104 Å². The molecule has 3 aromatic carbocycles. The molecule has 0 atom stereocenters. The zero-order chi connectivity index (χ0) is 20.7. The minimum atomic E-state index is -1.01. The van der Waals surface area contributed by atoms with Gasteiger partial charge in [0.05, 0.1) is 24.0 Å². The first-order valence-electron chi connectivity index (χ1n) is 8.60. The topological polar surface area (TPSA) is 26.9 Å². The second-order valence-corrected chi connectivity index (χ2v) is 7.49. The Morgan fingerprint density at radius 3 is 1.79 bits per heavy atom. The van der Waals surface area contributed by atoms with Gasteiger partial charge in [-0.2, -0.15) is 0 Å². The molecule has 3 nitrogen and oxygen atoms in total. The SMILES string of the molecule is O=c1c2cc(Br)ccc2n(Cc2ccc(F)c(F)c2)n1Cc1ccc(F)c(F)c1. The molecule has 0 aliphatic heterocycles. The van der Waals surface area contributed by atoms with Crippen molar-refractivity contribution < 1.29 is 17.6 Å². The van der Waals surface area contributed by atoms with E-state index in [4.69, 9.17) is 0 Å². The molecule has 0 N–H and O–H groups in total. The maximum Gasteiger partial charge on any atom is 0.274 e. The van der Waals surface area contributed by atoms with Crippen molar-refractivity contribution in [2.24, 2.45) is 0 Å². The second kappa shape index (κ2) is 7.51. The van der Waals surface area contributed by atoms with Gasteiger partial charge in [0.1, 0.15) is 0 Å². The molecule has 0 aliphatic rings. The molecule has 8 heteroatoms. The van der Waals surface area contributed by atoms with Gasteiger partial charge in [-0.05, 0) is 53.6 Å². The van der Waals surface area contributed by atoms with Gasteiger partial charge in [-0.3, -0.25) is 9.48 Å². The highest BCUT2D eigenvalue weighted by atomic mass is 79.9. The van der Waals surface area contributed by atoms with E-state index in [9.17, 15) is 22.4 Å². The Labute approximate surface area is 170 Å². The molecule has 0 aliphatic carbocycles. The first-order valence-corrected chi connectivity index (χ1v) is 9.39. The predicted molar refractivity (Wildman–Crippen MR) is 105 cm³/mol. The van der Waals surface area contributed by atoms with Crippen molar-refractivity contribution in [1.29, 1.82) is 0 Å². The van der Waals surface area contributed by atoms with Gasteiger partial charge in [0, 0.05) is 4.47 Å². The summed E-state index contributed by atoms with van der Waals surface area (Å²) in [5, 5.41) is 0.407. The molecule has 0 fully saturated rings. The minimum Gasteiger partial charge on any atom is -0.277 e. The quantitative estimate of drug-likeness (QED) is 0.380. The first kappa shape index (κ1) is 19.4. The number of aromatic nitrogens is 2. The first-order chi connectivity index (χ1) is 13.8. The van der Waals surface area contributed by atoms with Crippen molar-refractivity contribution in [3.63, 3.8) is 0 Å². The molecule has 0 saturated heterocycles. The molecule has 148 valence electrons. The normalized spacial score (nSPS) is 11.3. The van der Waals surface area contributed by atoms with Crippen LogP contribution in [0.25, 0.3) is 10.9 Å². The number of nitrogens with zero attached hydrogens (tertiary/aromatic N) is 2. The average molecular weight is 465 g/mol. The highest BCUT2D eigenvalue weighted by molar-refractivity contribution is 9.10. The molecule has 1 aromatic heterocycles. The third-order valence-electron chi connectivity index (χ3n) is 4.63. The van der Waals surface area contributed by atoms with Crippen molar-refractivity contribution in [2.45, 2.75) is 13.1 Å². The van der Waals surface area contributed by atoms with Gasteiger partial charge in [0.15, 0.2) is 23.3 Å². The van der Waals surface area contributed by atoms with Crippen molar-refractivity contribution in [2.75, 3.05) is 0 Å². The lowest BCUT2D eigenvalue weighted by Crippen LogP contribution is -2.24. The molecule has 0 bridgehead atoms. The summed E-state index contributed by atoms with van der Waals surface area (Å²) in [5.41, 5.74) is 1.07. The van der Waals surface area contributed by atoms with E-state index in [1.807, 2.05) is 0 Å². The van der Waals surface area contributed by atoms with Gasteiger partial charge in [-0.25, -0.2) is 22.2 Å². The number of fused-ring (bicyclic) bond motifs is 1. The van der Waals surface area contributed by atoms with E-state index in [-0.39, 0.29) is 18.6 Å². The molecular weight excluding hydrogens is 452 g/mol. The lowest BCUT2D eigenvalue weighted by Gasteiger charge is -2.14. The van der Waals surface area contributed by atoms with Gasteiger partial charge >= 0.3 is 0 Å². The molecule has 0 spiro atoms. The van der Waals surface area contributed by atoms with E-state index in [2.05, 4.69) is 15.9 Å².